The van der Waals surface area contributed by atoms with Gasteiger partial charge in [-0.3, -0.25) is 14.9 Å². The van der Waals surface area contributed by atoms with Crippen molar-refractivity contribution in [3.05, 3.63) is 29.6 Å². The van der Waals surface area contributed by atoms with E-state index in [-0.39, 0.29) is 36.8 Å². The minimum Gasteiger partial charge on any atom is -0.353 e. The number of nitrogens with zero attached hydrogens (tertiary/aromatic N) is 1. The van der Waals surface area contributed by atoms with Crippen molar-refractivity contribution in [1.29, 1.82) is 0 Å². The molecular weight excluding hydrogens is 249 g/mol. The van der Waals surface area contributed by atoms with Crippen LogP contribution in [-0.2, 0) is 9.59 Å². The average Bonchev–Trinajstić information content (AvgIpc) is 2.36. The van der Waals surface area contributed by atoms with E-state index in [0.29, 0.717) is 5.69 Å². The molecule has 1 aromatic carbocycles. The molecule has 1 heterocycles. The second-order valence-corrected chi connectivity index (χ2v) is 4.54. The number of benzene rings is 1. The lowest BCUT2D eigenvalue weighted by Crippen LogP contribution is -2.51. The highest BCUT2D eigenvalue weighted by Crippen LogP contribution is 2.27. The van der Waals surface area contributed by atoms with Crippen LogP contribution in [0, 0.1) is 5.82 Å². The third kappa shape index (κ3) is 2.90. The Morgan fingerprint density at radius 3 is 2.53 bits per heavy atom. The quantitative estimate of drug-likeness (QED) is 0.784. The molecule has 1 aromatic rings. The van der Waals surface area contributed by atoms with E-state index in [4.69, 9.17) is 0 Å². The first-order valence-electron chi connectivity index (χ1n) is 6.05. The molecule has 1 saturated heterocycles. The Balaban J connectivity index is 2.38. The maximum absolute atomic E-state index is 13.4. The first-order chi connectivity index (χ1) is 9.01. The molecule has 2 N–H and O–H groups in total. The first-order valence-corrected chi connectivity index (χ1v) is 6.05. The largest absolute Gasteiger partial charge is 0.353 e. The van der Waals surface area contributed by atoms with Gasteiger partial charge in [-0.05, 0) is 37.7 Å². The maximum atomic E-state index is 13.4. The number of rotatable bonds is 3. The number of anilines is 1. The molecule has 0 saturated carbocycles. The van der Waals surface area contributed by atoms with Gasteiger partial charge in [-0.15, -0.1) is 0 Å². The summed E-state index contributed by atoms with van der Waals surface area (Å²) < 4.78 is 13.4. The van der Waals surface area contributed by atoms with Gasteiger partial charge in [-0.25, -0.2) is 4.39 Å². The molecule has 0 aliphatic carbocycles. The fourth-order valence-electron chi connectivity index (χ4n) is 2.12. The van der Waals surface area contributed by atoms with E-state index in [9.17, 15) is 14.0 Å². The number of imide groups is 1. The van der Waals surface area contributed by atoms with Gasteiger partial charge in [0.25, 0.3) is 0 Å². The molecule has 1 unspecified atom stereocenters. The smallest absolute Gasteiger partial charge is 0.246 e. The van der Waals surface area contributed by atoms with E-state index in [0.717, 1.165) is 5.56 Å². The Morgan fingerprint density at radius 1 is 1.32 bits per heavy atom. The standard InChI is InChI=1S/C13H16FN3O2/c1-8(15-2)10-5-9(14)3-4-11(10)17-6-12(18)16-13(19)7-17/h3-5,8,15H,6-7H2,1-2H3,(H,16,18,19). The van der Waals surface area contributed by atoms with Gasteiger partial charge in [-0.1, -0.05) is 0 Å². The summed E-state index contributed by atoms with van der Waals surface area (Å²) >= 11 is 0. The lowest BCUT2D eigenvalue weighted by Gasteiger charge is -2.30. The predicted octanol–water partition coefficient (Wildman–Crippen LogP) is 0.569. The molecule has 6 heteroatoms. The zero-order valence-electron chi connectivity index (χ0n) is 10.9. The first kappa shape index (κ1) is 13.5. The van der Waals surface area contributed by atoms with Crippen LogP contribution in [0.15, 0.2) is 18.2 Å². The van der Waals surface area contributed by atoms with E-state index in [1.54, 1.807) is 18.0 Å². The monoisotopic (exact) mass is 265 g/mol. The molecule has 1 fully saturated rings. The van der Waals surface area contributed by atoms with Gasteiger partial charge in [-0.2, -0.15) is 0 Å². The molecule has 1 aliphatic heterocycles. The number of hydrogen-bond donors (Lipinski definition) is 2. The molecule has 1 aliphatic rings. The molecule has 0 bridgehead atoms. The second-order valence-electron chi connectivity index (χ2n) is 4.54. The van der Waals surface area contributed by atoms with Crippen molar-refractivity contribution in [2.75, 3.05) is 25.0 Å². The van der Waals surface area contributed by atoms with Crippen molar-refractivity contribution in [1.82, 2.24) is 10.6 Å². The molecule has 19 heavy (non-hydrogen) atoms. The van der Waals surface area contributed by atoms with Crippen molar-refractivity contribution < 1.29 is 14.0 Å². The van der Waals surface area contributed by atoms with Gasteiger partial charge in [0.15, 0.2) is 0 Å². The number of nitrogens with one attached hydrogen (secondary N) is 2. The van der Waals surface area contributed by atoms with E-state index in [2.05, 4.69) is 10.6 Å². The third-order valence-corrected chi connectivity index (χ3v) is 3.18. The number of hydrogen-bond acceptors (Lipinski definition) is 4. The second kappa shape index (κ2) is 5.36. The molecule has 2 rings (SSSR count). The van der Waals surface area contributed by atoms with E-state index in [1.165, 1.54) is 12.1 Å². The van der Waals surface area contributed by atoms with Gasteiger partial charge in [0.1, 0.15) is 5.82 Å². The van der Waals surface area contributed by atoms with Crippen LogP contribution in [-0.4, -0.2) is 32.0 Å². The van der Waals surface area contributed by atoms with Crippen LogP contribution < -0.4 is 15.5 Å². The number of piperazine rings is 1. The maximum Gasteiger partial charge on any atom is 0.246 e. The summed E-state index contributed by atoms with van der Waals surface area (Å²) in [5.74, 6) is -1.03. The molecule has 5 nitrogen and oxygen atoms in total. The van der Waals surface area contributed by atoms with Crippen LogP contribution in [0.3, 0.4) is 0 Å². The Morgan fingerprint density at radius 2 is 1.95 bits per heavy atom. The summed E-state index contributed by atoms with van der Waals surface area (Å²) in [5, 5.41) is 5.28. The molecular formula is C13H16FN3O2. The van der Waals surface area contributed by atoms with Gasteiger partial charge in [0.2, 0.25) is 11.8 Å². The van der Waals surface area contributed by atoms with E-state index in [1.807, 2.05) is 6.92 Å². The number of carbonyl (C=O) groups is 2. The van der Waals surface area contributed by atoms with Gasteiger partial charge < -0.3 is 10.2 Å². The summed E-state index contributed by atoms with van der Waals surface area (Å²) in [6.07, 6.45) is 0. The molecule has 102 valence electrons. The Hall–Kier alpha value is -1.95. The van der Waals surface area contributed by atoms with E-state index >= 15 is 0 Å². The summed E-state index contributed by atoms with van der Waals surface area (Å²) in [6, 6.07) is 4.28. The van der Waals surface area contributed by atoms with Crippen LogP contribution in [0.5, 0.6) is 0 Å². The average molecular weight is 265 g/mol. The minimum atomic E-state index is -0.344. The van der Waals surface area contributed by atoms with Gasteiger partial charge in [0, 0.05) is 11.7 Å². The normalized spacial score (nSPS) is 17.3. The van der Waals surface area contributed by atoms with Crippen molar-refractivity contribution in [3.8, 4) is 0 Å². The molecule has 0 spiro atoms. The Bertz CT molecular complexity index is 503. The van der Waals surface area contributed by atoms with Gasteiger partial charge in [0.05, 0.1) is 13.1 Å². The fourth-order valence-corrected chi connectivity index (χ4v) is 2.12. The summed E-state index contributed by atoms with van der Waals surface area (Å²) in [5.41, 5.74) is 1.43. The molecule has 0 radical (unpaired) electrons. The summed E-state index contributed by atoms with van der Waals surface area (Å²) in [6.45, 7) is 2.09. The van der Waals surface area contributed by atoms with Crippen molar-refractivity contribution in [2.24, 2.45) is 0 Å². The Kier molecular flexibility index (Phi) is 3.80. The van der Waals surface area contributed by atoms with Crippen LogP contribution in [0.25, 0.3) is 0 Å². The van der Waals surface area contributed by atoms with Crippen molar-refractivity contribution in [3.63, 3.8) is 0 Å². The topological polar surface area (TPSA) is 61.4 Å². The molecule has 2 amide bonds. The lowest BCUT2D eigenvalue weighted by atomic mass is 10.0. The zero-order chi connectivity index (χ0) is 14.0. The van der Waals surface area contributed by atoms with E-state index < -0.39 is 0 Å². The predicted molar refractivity (Wildman–Crippen MR) is 69.2 cm³/mol. The zero-order valence-corrected chi connectivity index (χ0v) is 10.9. The molecule has 0 aromatic heterocycles. The Labute approximate surface area is 110 Å². The fraction of sp³-hybridized carbons (Fsp3) is 0.385. The summed E-state index contributed by atoms with van der Waals surface area (Å²) in [7, 11) is 1.77. The SMILES string of the molecule is CNC(C)c1cc(F)ccc1N1CC(=O)NC(=O)C1. The van der Waals surface area contributed by atoms with Crippen LogP contribution in [0.4, 0.5) is 10.1 Å². The van der Waals surface area contributed by atoms with Crippen LogP contribution >= 0.6 is 0 Å². The van der Waals surface area contributed by atoms with Gasteiger partial charge >= 0.3 is 0 Å². The molecule has 1 atom stereocenters. The highest BCUT2D eigenvalue weighted by molar-refractivity contribution is 6.02. The van der Waals surface area contributed by atoms with Crippen LogP contribution in [0.2, 0.25) is 0 Å². The third-order valence-electron chi connectivity index (χ3n) is 3.18. The van der Waals surface area contributed by atoms with Crippen molar-refractivity contribution >= 4 is 17.5 Å². The highest BCUT2D eigenvalue weighted by atomic mass is 19.1. The number of amides is 2. The highest BCUT2D eigenvalue weighted by Gasteiger charge is 2.25. The number of carbonyl (C=O) groups excluding carboxylic acids is 2. The lowest BCUT2D eigenvalue weighted by molar-refractivity contribution is -0.130. The summed E-state index contributed by atoms with van der Waals surface area (Å²) in [4.78, 5) is 24.5. The van der Waals surface area contributed by atoms with Crippen LogP contribution in [0.1, 0.15) is 18.5 Å². The van der Waals surface area contributed by atoms with Crippen molar-refractivity contribution in [2.45, 2.75) is 13.0 Å². The number of halogens is 1. The minimum absolute atomic E-state index is 0.0780.